The average molecular weight is 568 g/mol. The summed E-state index contributed by atoms with van der Waals surface area (Å²) in [6.07, 6.45) is 3.32. The Balaban J connectivity index is 1.75. The van der Waals surface area contributed by atoms with Crippen molar-refractivity contribution in [1.82, 2.24) is 24.5 Å². The predicted molar refractivity (Wildman–Crippen MR) is 141 cm³/mol. The van der Waals surface area contributed by atoms with Gasteiger partial charge in [-0.15, -0.1) is 0 Å². The van der Waals surface area contributed by atoms with Crippen LogP contribution in [0.25, 0.3) is 17.1 Å². The third-order valence-corrected chi connectivity index (χ3v) is 6.47. The van der Waals surface area contributed by atoms with Crippen molar-refractivity contribution in [2.45, 2.75) is 53.8 Å². The van der Waals surface area contributed by atoms with Crippen molar-refractivity contribution in [1.29, 1.82) is 0 Å². The molecule has 0 fully saturated rings. The summed E-state index contributed by atoms with van der Waals surface area (Å²) in [7, 11) is 0. The van der Waals surface area contributed by atoms with Crippen LogP contribution in [0.15, 0.2) is 45.9 Å². The molecule has 0 radical (unpaired) electrons. The smallest absolute Gasteiger partial charge is 0.273 e. The number of hydrogen-bond donors (Lipinski definition) is 1. The molecule has 0 atom stereocenters. The summed E-state index contributed by atoms with van der Waals surface area (Å²) in [5, 5.41) is 10.4. The van der Waals surface area contributed by atoms with Crippen molar-refractivity contribution < 1.29 is 14.2 Å². The molecule has 0 aromatic carbocycles. The zero-order valence-electron chi connectivity index (χ0n) is 21.4. The van der Waals surface area contributed by atoms with Gasteiger partial charge in [-0.2, -0.15) is 4.39 Å². The lowest BCUT2D eigenvalue weighted by Gasteiger charge is -2.18. The maximum atomic E-state index is 13.6. The zero-order chi connectivity index (χ0) is 27.1. The molecular weight excluding hydrogens is 541 g/mol. The van der Waals surface area contributed by atoms with Crippen LogP contribution in [0.2, 0.25) is 0 Å². The average Bonchev–Trinajstić information content (AvgIpc) is 2.81. The van der Waals surface area contributed by atoms with Crippen LogP contribution in [0.5, 0.6) is 5.75 Å². The highest BCUT2D eigenvalue weighted by atomic mass is 79.9. The monoisotopic (exact) mass is 567 g/mol. The number of nitrogens with zero attached hydrogens (tertiary/aromatic N) is 5. The van der Waals surface area contributed by atoms with Gasteiger partial charge in [-0.05, 0) is 92.4 Å². The first kappa shape index (κ1) is 26.6. The third-order valence-electron chi connectivity index (χ3n) is 5.74. The normalized spacial score (nSPS) is 11.6. The summed E-state index contributed by atoms with van der Waals surface area (Å²) in [4.78, 5) is 30.6. The first-order chi connectivity index (χ1) is 17.3. The van der Waals surface area contributed by atoms with E-state index in [-0.39, 0.29) is 22.5 Å². The van der Waals surface area contributed by atoms with E-state index in [9.17, 15) is 14.3 Å². The van der Waals surface area contributed by atoms with Gasteiger partial charge in [-0.25, -0.2) is 15.0 Å². The Morgan fingerprint density at radius 3 is 2.41 bits per heavy atom. The van der Waals surface area contributed by atoms with Gasteiger partial charge in [0.05, 0.1) is 22.8 Å². The van der Waals surface area contributed by atoms with E-state index in [2.05, 4.69) is 35.9 Å². The van der Waals surface area contributed by atoms with Crippen molar-refractivity contribution in [3.05, 3.63) is 91.3 Å². The molecule has 0 saturated carbocycles. The molecule has 4 aromatic heterocycles. The topological polar surface area (TPSA) is 103 Å². The van der Waals surface area contributed by atoms with Crippen molar-refractivity contribution in [2.75, 3.05) is 0 Å². The molecule has 37 heavy (non-hydrogen) atoms. The Morgan fingerprint density at radius 1 is 1.03 bits per heavy atom. The van der Waals surface area contributed by atoms with Crippen LogP contribution in [0, 0.1) is 33.6 Å². The van der Waals surface area contributed by atoms with Gasteiger partial charge in [-0.3, -0.25) is 14.3 Å². The molecule has 1 N–H and O–H groups in total. The summed E-state index contributed by atoms with van der Waals surface area (Å²) < 4.78 is 21.3. The maximum absolute atomic E-state index is 13.6. The van der Waals surface area contributed by atoms with Gasteiger partial charge in [0.2, 0.25) is 5.95 Å². The van der Waals surface area contributed by atoms with Crippen LogP contribution in [0.4, 0.5) is 4.39 Å². The van der Waals surface area contributed by atoms with Crippen LogP contribution < -0.4 is 10.3 Å². The number of aliphatic hydroxyl groups is 1. The SMILES string of the molecule is Cc1cc(F)nc(COc2cc(C)n(-c3cc(-c4nc(C(C)(C)O)ncc4C)ncc3C)c(=O)c2Br)c1. The third kappa shape index (κ3) is 5.60. The Kier molecular flexibility index (Phi) is 7.25. The van der Waals surface area contributed by atoms with Crippen LogP contribution >= 0.6 is 15.9 Å². The van der Waals surface area contributed by atoms with Gasteiger partial charge in [0.15, 0.2) is 5.82 Å². The standard InChI is InChI=1S/C27H27BrFN5O3/c1-14-7-18(32-22(29)8-14)13-37-21-9-17(4)34(25(35)23(21)28)20-10-19(30-11-15(20)2)24-16(3)12-31-26(33-24)27(5,6)36/h7-12,36H,13H2,1-6H3. The second-order valence-electron chi connectivity index (χ2n) is 9.49. The largest absolute Gasteiger partial charge is 0.486 e. The van der Waals surface area contributed by atoms with Crippen LogP contribution in [0.1, 0.15) is 47.8 Å². The Morgan fingerprint density at radius 2 is 1.73 bits per heavy atom. The number of ether oxygens (including phenoxy) is 1. The van der Waals surface area contributed by atoms with Crippen molar-refractivity contribution in [2.24, 2.45) is 0 Å². The van der Waals surface area contributed by atoms with Gasteiger partial charge in [0, 0.05) is 24.2 Å². The fraction of sp³-hybridized carbons (Fsp3) is 0.296. The van der Waals surface area contributed by atoms with Crippen molar-refractivity contribution in [3.8, 4) is 22.8 Å². The zero-order valence-corrected chi connectivity index (χ0v) is 23.0. The maximum Gasteiger partial charge on any atom is 0.273 e. The minimum atomic E-state index is -1.22. The van der Waals surface area contributed by atoms with E-state index in [0.29, 0.717) is 34.2 Å². The number of hydrogen-bond acceptors (Lipinski definition) is 7. The van der Waals surface area contributed by atoms with E-state index >= 15 is 0 Å². The molecule has 4 heterocycles. The lowest BCUT2D eigenvalue weighted by atomic mass is 10.1. The molecule has 192 valence electrons. The van der Waals surface area contributed by atoms with Gasteiger partial charge in [0.1, 0.15) is 22.4 Å². The van der Waals surface area contributed by atoms with Gasteiger partial charge in [0.25, 0.3) is 5.56 Å². The number of aromatic nitrogens is 5. The Bertz CT molecular complexity index is 1540. The molecule has 4 rings (SSSR count). The van der Waals surface area contributed by atoms with Gasteiger partial charge < -0.3 is 9.84 Å². The van der Waals surface area contributed by atoms with Gasteiger partial charge >= 0.3 is 0 Å². The first-order valence-electron chi connectivity index (χ1n) is 11.6. The van der Waals surface area contributed by atoms with E-state index < -0.39 is 11.5 Å². The summed E-state index contributed by atoms with van der Waals surface area (Å²) >= 11 is 3.38. The first-order valence-corrected chi connectivity index (χ1v) is 12.4. The second-order valence-corrected chi connectivity index (χ2v) is 10.3. The summed E-state index contributed by atoms with van der Waals surface area (Å²) in [6.45, 7) is 10.5. The highest BCUT2D eigenvalue weighted by Gasteiger charge is 2.22. The molecular formula is C27H27BrFN5O3. The lowest BCUT2D eigenvalue weighted by Crippen LogP contribution is -2.23. The lowest BCUT2D eigenvalue weighted by molar-refractivity contribution is 0.0688. The predicted octanol–water partition coefficient (Wildman–Crippen LogP) is 5.03. The fourth-order valence-electron chi connectivity index (χ4n) is 3.89. The van der Waals surface area contributed by atoms with Crippen molar-refractivity contribution >= 4 is 15.9 Å². The number of halogens is 2. The highest BCUT2D eigenvalue weighted by Crippen LogP contribution is 2.28. The minimum Gasteiger partial charge on any atom is -0.486 e. The molecule has 4 aromatic rings. The molecule has 8 nitrogen and oxygen atoms in total. The van der Waals surface area contributed by atoms with Gasteiger partial charge in [-0.1, -0.05) is 0 Å². The molecule has 10 heteroatoms. The molecule has 0 spiro atoms. The molecule has 0 saturated heterocycles. The van der Waals surface area contributed by atoms with Crippen LogP contribution in [-0.2, 0) is 12.2 Å². The summed E-state index contributed by atoms with van der Waals surface area (Å²) in [6, 6.07) is 6.59. The quantitative estimate of drug-likeness (QED) is 0.326. The number of aryl methyl sites for hydroxylation is 4. The van der Waals surface area contributed by atoms with E-state index in [1.165, 1.54) is 6.07 Å². The number of rotatable bonds is 6. The molecule has 0 aliphatic rings. The molecule has 0 aliphatic heterocycles. The fourth-order valence-corrected chi connectivity index (χ4v) is 4.29. The summed E-state index contributed by atoms with van der Waals surface area (Å²) in [5.41, 5.74) is 3.54. The van der Waals surface area contributed by atoms with Crippen molar-refractivity contribution in [3.63, 3.8) is 0 Å². The van der Waals surface area contributed by atoms with E-state index in [0.717, 1.165) is 16.7 Å². The minimum absolute atomic E-state index is 0.00898. The Labute approximate surface area is 222 Å². The Hall–Kier alpha value is -3.50. The number of pyridine rings is 3. The van der Waals surface area contributed by atoms with E-state index in [4.69, 9.17) is 4.74 Å². The summed E-state index contributed by atoms with van der Waals surface area (Å²) in [5.74, 6) is 0.0234. The molecule has 0 unspecified atom stereocenters. The van der Waals surface area contributed by atoms with Crippen LogP contribution in [0.3, 0.4) is 0 Å². The molecule has 0 bridgehead atoms. The second kappa shape index (κ2) is 10.1. The molecule has 0 aliphatic carbocycles. The van der Waals surface area contributed by atoms with Crippen LogP contribution in [-0.4, -0.2) is 29.6 Å². The van der Waals surface area contributed by atoms with E-state index in [1.54, 1.807) is 62.9 Å². The molecule has 0 amide bonds. The highest BCUT2D eigenvalue weighted by molar-refractivity contribution is 9.10. The van der Waals surface area contributed by atoms with E-state index in [1.807, 2.05) is 13.8 Å².